The Kier molecular flexibility index (Phi) is 8.42. The van der Waals surface area contributed by atoms with Gasteiger partial charge in [0.15, 0.2) is 0 Å². The molecular weight excluding hydrogens is 376 g/mol. The van der Waals surface area contributed by atoms with Crippen molar-refractivity contribution in [2.75, 3.05) is 32.0 Å². The first-order chi connectivity index (χ1) is 11.3. The van der Waals surface area contributed by atoms with Gasteiger partial charge in [0.05, 0.1) is 13.1 Å². The molecule has 0 bridgehead atoms. The van der Waals surface area contributed by atoms with Crippen LogP contribution < -0.4 is 16.0 Å². The fourth-order valence-corrected chi connectivity index (χ4v) is 2.43. The number of nitrogens with one attached hydrogen (secondary N) is 3. The van der Waals surface area contributed by atoms with Crippen molar-refractivity contribution in [2.24, 2.45) is 0 Å². The highest BCUT2D eigenvalue weighted by atomic mass is 79.9. The van der Waals surface area contributed by atoms with Crippen molar-refractivity contribution in [3.05, 3.63) is 28.2 Å². The van der Waals surface area contributed by atoms with Gasteiger partial charge in [-0.3, -0.25) is 19.8 Å². The van der Waals surface area contributed by atoms with Crippen LogP contribution in [0.1, 0.15) is 18.9 Å². The quantitative estimate of drug-likeness (QED) is 0.653. The first-order valence-electron chi connectivity index (χ1n) is 7.64. The number of imide groups is 1. The zero-order chi connectivity index (χ0) is 18.1. The molecule has 0 aromatic heterocycles. The summed E-state index contributed by atoms with van der Waals surface area (Å²) in [5.41, 5.74) is 1.66. The van der Waals surface area contributed by atoms with Crippen LogP contribution in [0.5, 0.6) is 0 Å². The van der Waals surface area contributed by atoms with Crippen LogP contribution in [0.15, 0.2) is 22.7 Å². The summed E-state index contributed by atoms with van der Waals surface area (Å²) in [5, 5.41) is 7.56. The lowest BCUT2D eigenvalue weighted by Gasteiger charge is -2.16. The zero-order valence-corrected chi connectivity index (χ0v) is 15.7. The minimum atomic E-state index is -0.523. The van der Waals surface area contributed by atoms with Crippen LogP contribution in [-0.2, 0) is 9.59 Å². The van der Waals surface area contributed by atoms with Gasteiger partial charge in [-0.25, -0.2) is 4.79 Å². The van der Waals surface area contributed by atoms with Crippen LogP contribution in [0, 0.1) is 6.92 Å². The van der Waals surface area contributed by atoms with Crippen molar-refractivity contribution in [3.63, 3.8) is 0 Å². The number of halogens is 1. The van der Waals surface area contributed by atoms with E-state index in [-0.39, 0.29) is 19.0 Å². The molecule has 1 aromatic rings. The van der Waals surface area contributed by atoms with E-state index in [2.05, 4.69) is 31.9 Å². The van der Waals surface area contributed by atoms with Crippen LogP contribution >= 0.6 is 15.9 Å². The van der Waals surface area contributed by atoms with Gasteiger partial charge in [-0.1, -0.05) is 22.9 Å². The molecule has 1 aromatic carbocycles. The summed E-state index contributed by atoms with van der Waals surface area (Å²) in [7, 11) is 1.64. The molecule has 1 rings (SSSR count). The van der Waals surface area contributed by atoms with Crippen LogP contribution in [-0.4, -0.2) is 49.4 Å². The molecule has 0 aliphatic carbocycles. The number of anilines is 1. The van der Waals surface area contributed by atoms with Crippen LogP contribution in [0.3, 0.4) is 0 Å². The summed E-state index contributed by atoms with van der Waals surface area (Å²) in [6, 6.07) is 5.03. The van der Waals surface area contributed by atoms with Crippen molar-refractivity contribution in [3.8, 4) is 0 Å². The van der Waals surface area contributed by atoms with E-state index in [1.54, 1.807) is 7.05 Å². The number of benzene rings is 1. The molecule has 0 fully saturated rings. The highest BCUT2D eigenvalue weighted by molar-refractivity contribution is 9.10. The Labute approximate surface area is 150 Å². The van der Waals surface area contributed by atoms with Gasteiger partial charge >= 0.3 is 6.03 Å². The largest absolute Gasteiger partial charge is 0.338 e. The predicted molar refractivity (Wildman–Crippen MR) is 96.8 cm³/mol. The van der Waals surface area contributed by atoms with E-state index in [1.165, 1.54) is 4.90 Å². The van der Waals surface area contributed by atoms with Gasteiger partial charge < -0.3 is 10.6 Å². The third-order valence-electron chi connectivity index (χ3n) is 3.08. The molecule has 24 heavy (non-hydrogen) atoms. The lowest BCUT2D eigenvalue weighted by atomic mass is 10.2. The highest BCUT2D eigenvalue weighted by Gasteiger charge is 2.13. The maximum Gasteiger partial charge on any atom is 0.321 e. The molecule has 0 aliphatic heterocycles. The minimum absolute atomic E-state index is 0.0412. The zero-order valence-electron chi connectivity index (χ0n) is 14.1. The third kappa shape index (κ3) is 7.56. The van der Waals surface area contributed by atoms with Gasteiger partial charge in [0.2, 0.25) is 11.8 Å². The van der Waals surface area contributed by atoms with Gasteiger partial charge in [-0.2, -0.15) is 0 Å². The van der Waals surface area contributed by atoms with Crippen LogP contribution in [0.2, 0.25) is 0 Å². The van der Waals surface area contributed by atoms with E-state index in [4.69, 9.17) is 0 Å². The Bertz CT molecular complexity index is 607. The molecule has 0 heterocycles. The average molecular weight is 399 g/mol. The number of carbonyl (C=O) groups is 3. The molecule has 0 aliphatic rings. The molecule has 0 saturated heterocycles. The third-order valence-corrected chi connectivity index (χ3v) is 3.57. The number of aryl methyl sites for hydroxylation is 1. The van der Waals surface area contributed by atoms with Gasteiger partial charge in [0.25, 0.3) is 0 Å². The van der Waals surface area contributed by atoms with E-state index in [0.29, 0.717) is 6.54 Å². The number of carbonyl (C=O) groups excluding carboxylic acids is 3. The number of rotatable bonds is 7. The molecule has 4 amide bonds. The molecule has 0 radical (unpaired) electrons. The topological polar surface area (TPSA) is 90.5 Å². The summed E-state index contributed by atoms with van der Waals surface area (Å²) in [6.07, 6.45) is 0.789. The van der Waals surface area contributed by atoms with Crippen molar-refractivity contribution in [2.45, 2.75) is 20.3 Å². The normalized spacial score (nSPS) is 10.4. The summed E-state index contributed by atoms with van der Waals surface area (Å²) in [5.74, 6) is -0.690. The summed E-state index contributed by atoms with van der Waals surface area (Å²) in [6.45, 7) is 4.31. The molecule has 3 N–H and O–H groups in total. The smallest absolute Gasteiger partial charge is 0.321 e. The van der Waals surface area contributed by atoms with Crippen molar-refractivity contribution >= 4 is 39.5 Å². The molecule has 132 valence electrons. The maximum absolute atomic E-state index is 12.0. The van der Waals surface area contributed by atoms with E-state index in [0.717, 1.165) is 22.1 Å². The first kappa shape index (κ1) is 20.1. The van der Waals surface area contributed by atoms with Gasteiger partial charge in [0, 0.05) is 16.7 Å². The minimum Gasteiger partial charge on any atom is -0.338 e. The van der Waals surface area contributed by atoms with Crippen LogP contribution in [0.4, 0.5) is 10.5 Å². The fraction of sp³-hybridized carbons (Fsp3) is 0.438. The molecule has 0 atom stereocenters. The van der Waals surface area contributed by atoms with E-state index < -0.39 is 11.9 Å². The maximum atomic E-state index is 12.0. The average Bonchev–Trinajstić information content (AvgIpc) is 2.47. The van der Waals surface area contributed by atoms with Gasteiger partial charge in [-0.15, -0.1) is 0 Å². The summed E-state index contributed by atoms with van der Waals surface area (Å²) >= 11 is 3.37. The highest BCUT2D eigenvalue weighted by Crippen LogP contribution is 2.19. The van der Waals surface area contributed by atoms with E-state index >= 15 is 0 Å². The lowest BCUT2D eigenvalue weighted by Crippen LogP contribution is -2.45. The SMILES string of the molecule is CCCNC(=O)NC(=O)CN(C)CC(=O)Nc1ccc(Br)cc1C. The second kappa shape index (κ2) is 10.0. The Morgan fingerprint density at radius 3 is 2.46 bits per heavy atom. The number of urea groups is 1. The summed E-state index contributed by atoms with van der Waals surface area (Å²) in [4.78, 5) is 36.6. The second-order valence-electron chi connectivity index (χ2n) is 5.48. The Hall–Kier alpha value is -1.93. The molecule has 8 heteroatoms. The predicted octanol–water partition coefficient (Wildman–Crippen LogP) is 1.86. The van der Waals surface area contributed by atoms with Crippen molar-refractivity contribution in [1.29, 1.82) is 0 Å². The second-order valence-corrected chi connectivity index (χ2v) is 6.40. The first-order valence-corrected chi connectivity index (χ1v) is 8.43. The molecule has 7 nitrogen and oxygen atoms in total. The van der Waals surface area contributed by atoms with Crippen LogP contribution in [0.25, 0.3) is 0 Å². The molecule has 0 unspecified atom stereocenters. The standard InChI is InChI=1S/C16H23BrN4O3/c1-4-7-18-16(24)20-15(23)10-21(3)9-14(22)19-13-6-5-12(17)8-11(13)2/h5-6,8H,4,7,9-10H2,1-3H3,(H,19,22)(H2,18,20,23,24). The number of nitrogens with zero attached hydrogens (tertiary/aromatic N) is 1. The monoisotopic (exact) mass is 398 g/mol. The van der Waals surface area contributed by atoms with E-state index in [1.807, 2.05) is 32.0 Å². The fourth-order valence-electron chi connectivity index (χ4n) is 1.95. The number of hydrogen-bond donors (Lipinski definition) is 3. The van der Waals surface area contributed by atoms with Crippen molar-refractivity contribution in [1.82, 2.24) is 15.5 Å². The van der Waals surface area contributed by atoms with E-state index in [9.17, 15) is 14.4 Å². The number of likely N-dealkylation sites (N-methyl/N-ethyl adjacent to an activating group) is 1. The molecule has 0 saturated carbocycles. The number of amides is 4. The lowest BCUT2D eigenvalue weighted by molar-refractivity contribution is -0.122. The molecular formula is C16H23BrN4O3. The Balaban J connectivity index is 2.41. The number of hydrogen-bond acceptors (Lipinski definition) is 4. The van der Waals surface area contributed by atoms with Gasteiger partial charge in [-0.05, 0) is 44.2 Å². The van der Waals surface area contributed by atoms with Gasteiger partial charge in [0.1, 0.15) is 0 Å². The summed E-state index contributed by atoms with van der Waals surface area (Å²) < 4.78 is 0.938. The Morgan fingerprint density at radius 2 is 1.83 bits per heavy atom. The molecule has 0 spiro atoms. The Morgan fingerprint density at radius 1 is 1.17 bits per heavy atom. The van der Waals surface area contributed by atoms with Crippen molar-refractivity contribution < 1.29 is 14.4 Å².